The third-order valence-electron chi connectivity index (χ3n) is 3.26. The van der Waals surface area contributed by atoms with Crippen molar-refractivity contribution in [2.45, 2.75) is 46.5 Å². The van der Waals surface area contributed by atoms with Gasteiger partial charge in [0.1, 0.15) is 5.78 Å². The summed E-state index contributed by atoms with van der Waals surface area (Å²) < 4.78 is 0. The van der Waals surface area contributed by atoms with E-state index >= 15 is 0 Å². The van der Waals surface area contributed by atoms with Gasteiger partial charge in [0.05, 0.1) is 0 Å². The average molecular weight is 280 g/mol. The Labute approximate surface area is 118 Å². The zero-order valence-electron chi connectivity index (χ0n) is 9.97. The Kier molecular flexibility index (Phi) is 6.87. The Morgan fingerprint density at radius 1 is 1.27 bits per heavy atom. The van der Waals surface area contributed by atoms with Crippen molar-refractivity contribution in [1.82, 2.24) is 0 Å². The molecule has 0 saturated heterocycles. The second kappa shape index (κ2) is 6.75. The Balaban J connectivity index is 0.00000196. The molecule has 0 aliphatic heterocycles. The molecule has 0 N–H and O–H groups in total. The number of ketones is 1. The van der Waals surface area contributed by atoms with E-state index in [1.54, 1.807) is 0 Å². The summed E-state index contributed by atoms with van der Waals surface area (Å²) in [6.45, 7) is 11.7. The minimum absolute atomic E-state index is 0. The minimum Gasteiger partial charge on any atom is -0.299 e. The Morgan fingerprint density at radius 2 is 1.87 bits per heavy atom. The number of carbonyl (C=O) groups is 1. The van der Waals surface area contributed by atoms with E-state index in [4.69, 9.17) is 6.58 Å². The summed E-state index contributed by atoms with van der Waals surface area (Å²) in [5, 5.41) is 0. The number of allylic oxidation sites excluding steroid dienone is 3. The molecule has 0 bridgehead atoms. The van der Waals surface area contributed by atoms with Gasteiger partial charge in [-0.25, -0.2) is 5.57 Å². The van der Waals surface area contributed by atoms with Gasteiger partial charge in [0, 0.05) is 45.0 Å². The van der Waals surface area contributed by atoms with Crippen molar-refractivity contribution in [3.63, 3.8) is 0 Å². The molecule has 0 heterocycles. The molecule has 0 aromatic heterocycles. The molecule has 1 rings (SSSR count). The molecule has 0 amide bonds. The van der Waals surface area contributed by atoms with E-state index in [9.17, 15) is 4.79 Å². The predicted octanol–water partition coefficient (Wildman–Crippen LogP) is 3.46. The molecule has 1 saturated carbocycles. The number of rotatable bonds is 2. The first-order valence-electron chi connectivity index (χ1n) is 5.33. The fourth-order valence-corrected chi connectivity index (χ4v) is 2.01. The fourth-order valence-electron chi connectivity index (χ4n) is 2.01. The van der Waals surface area contributed by atoms with Crippen LogP contribution < -0.4 is 0 Å². The molecule has 1 aliphatic carbocycles. The van der Waals surface area contributed by atoms with E-state index < -0.39 is 0 Å². The van der Waals surface area contributed by atoms with Gasteiger partial charge in [0.15, 0.2) is 0 Å². The van der Waals surface area contributed by atoms with Gasteiger partial charge in [-0.2, -0.15) is 5.57 Å². The largest absolute Gasteiger partial charge is 0.299 e. The molecule has 1 radical (unpaired) electrons. The first-order chi connectivity index (χ1) is 6.54. The van der Waals surface area contributed by atoms with E-state index in [0.29, 0.717) is 5.78 Å². The van der Waals surface area contributed by atoms with Gasteiger partial charge in [-0.1, -0.05) is 20.3 Å². The summed E-state index contributed by atoms with van der Waals surface area (Å²) in [5.41, 5.74) is 3.11. The summed E-state index contributed by atoms with van der Waals surface area (Å²) in [5.74, 6) is 0.539. The van der Waals surface area contributed by atoms with Crippen molar-refractivity contribution in [2.24, 2.45) is 5.92 Å². The second-order valence-electron chi connectivity index (χ2n) is 4.26. The zero-order valence-corrected chi connectivity index (χ0v) is 12.8. The van der Waals surface area contributed by atoms with Crippen molar-refractivity contribution in [1.29, 1.82) is 0 Å². The van der Waals surface area contributed by atoms with Gasteiger partial charge >= 0.3 is 0 Å². The number of hydrogen-bond donors (Lipinski definition) is 0. The van der Waals surface area contributed by atoms with Crippen molar-refractivity contribution in [2.75, 3.05) is 0 Å². The maximum Gasteiger partial charge on any atom is 0.138 e. The summed E-state index contributed by atoms with van der Waals surface area (Å²) >= 11 is 0. The molecule has 1 aliphatic rings. The van der Waals surface area contributed by atoms with Crippen LogP contribution in [0.1, 0.15) is 46.5 Å². The molecule has 15 heavy (non-hydrogen) atoms. The van der Waals surface area contributed by atoms with Crippen LogP contribution in [0, 0.1) is 12.5 Å². The molecule has 1 unspecified atom stereocenters. The van der Waals surface area contributed by atoms with Crippen molar-refractivity contribution >= 4 is 5.78 Å². The second-order valence-corrected chi connectivity index (χ2v) is 4.26. The van der Waals surface area contributed by atoms with Crippen LogP contribution in [0.4, 0.5) is 0 Å². The van der Waals surface area contributed by atoms with Crippen LogP contribution in [0.2, 0.25) is 0 Å². The number of Topliss-reactive ketones (excluding diaryl/α,β-unsaturated/α-hetero) is 1. The van der Waals surface area contributed by atoms with Gasteiger partial charge in [-0.3, -0.25) is 11.4 Å². The Bertz CT molecular complexity index is 289. The summed E-state index contributed by atoms with van der Waals surface area (Å²) in [6, 6.07) is 0. The zero-order chi connectivity index (χ0) is 10.7. The Morgan fingerprint density at radius 3 is 2.33 bits per heavy atom. The first kappa shape index (κ1) is 15.3. The molecule has 81 valence electrons. The maximum absolute atomic E-state index is 11.7. The van der Waals surface area contributed by atoms with Crippen LogP contribution in [0.3, 0.4) is 0 Å². The fraction of sp³-hybridized carbons (Fsp3) is 0.615. The average Bonchev–Trinajstić information content (AvgIpc) is 2.16. The van der Waals surface area contributed by atoms with Gasteiger partial charge in [0.2, 0.25) is 0 Å². The standard InChI is InChI=1S/C13H19O.Y/c1-9(2)10(3)11(4)12-7-5-6-8-13(12)14;/h1,12H,5-8H2,2-4H3;/q-1;/b11-10+;. The third kappa shape index (κ3) is 3.96. The third-order valence-corrected chi connectivity index (χ3v) is 3.26. The van der Waals surface area contributed by atoms with Gasteiger partial charge < -0.3 is 0 Å². The number of hydrogen-bond acceptors (Lipinski definition) is 1. The minimum atomic E-state index is 0. The van der Waals surface area contributed by atoms with Crippen LogP contribution in [-0.2, 0) is 37.5 Å². The van der Waals surface area contributed by atoms with Crippen molar-refractivity contribution in [3.05, 3.63) is 23.3 Å². The first-order valence-corrected chi connectivity index (χ1v) is 5.33. The van der Waals surface area contributed by atoms with Crippen LogP contribution in [0.15, 0.2) is 16.7 Å². The quantitative estimate of drug-likeness (QED) is 0.559. The summed E-state index contributed by atoms with van der Waals surface area (Å²) in [6.07, 6.45) is 3.99. The topological polar surface area (TPSA) is 17.1 Å². The molecular formula is C13H19OY-. The van der Waals surface area contributed by atoms with Gasteiger partial charge in [-0.05, 0) is 12.8 Å². The molecule has 0 aromatic carbocycles. The predicted molar refractivity (Wildman–Crippen MR) is 58.8 cm³/mol. The van der Waals surface area contributed by atoms with Crippen LogP contribution in [0.25, 0.3) is 0 Å². The van der Waals surface area contributed by atoms with E-state index in [1.807, 2.05) is 20.8 Å². The Hall–Kier alpha value is 0.254. The normalized spacial score (nSPS) is 22.9. The van der Waals surface area contributed by atoms with Crippen LogP contribution in [-0.4, -0.2) is 5.78 Å². The van der Waals surface area contributed by atoms with Crippen LogP contribution >= 0.6 is 0 Å². The van der Waals surface area contributed by atoms with Crippen molar-refractivity contribution in [3.8, 4) is 0 Å². The maximum atomic E-state index is 11.7. The number of carbonyl (C=O) groups excluding carboxylic acids is 1. The van der Waals surface area contributed by atoms with E-state index in [0.717, 1.165) is 30.4 Å². The molecular weight excluding hydrogens is 261 g/mol. The van der Waals surface area contributed by atoms with Crippen LogP contribution in [0.5, 0.6) is 0 Å². The summed E-state index contributed by atoms with van der Waals surface area (Å²) in [7, 11) is 0. The molecule has 0 spiro atoms. The van der Waals surface area contributed by atoms with Gasteiger partial charge in [0.25, 0.3) is 0 Å². The monoisotopic (exact) mass is 280 g/mol. The molecule has 1 atom stereocenters. The molecule has 0 aromatic rings. The summed E-state index contributed by atoms with van der Waals surface area (Å²) in [4.78, 5) is 11.7. The SMILES string of the molecule is [CH-]=C(C)/C(C)=C(\C)C1CCCCC1=O.[Y]. The smallest absolute Gasteiger partial charge is 0.138 e. The molecule has 2 heteroatoms. The van der Waals surface area contributed by atoms with Gasteiger partial charge in [-0.15, -0.1) is 12.5 Å². The van der Waals surface area contributed by atoms with Crippen molar-refractivity contribution < 1.29 is 37.5 Å². The molecule has 1 nitrogen and oxygen atoms in total. The molecule has 1 fully saturated rings. The van der Waals surface area contributed by atoms with E-state index in [2.05, 4.69) is 0 Å². The van der Waals surface area contributed by atoms with E-state index in [-0.39, 0.29) is 38.6 Å². The van der Waals surface area contributed by atoms with E-state index in [1.165, 1.54) is 12.0 Å².